The Labute approximate surface area is 153 Å². The number of carbonyl (C=O) groups is 2. The molecule has 0 aliphatic carbocycles. The van der Waals surface area contributed by atoms with E-state index in [4.69, 9.17) is 0 Å². The van der Waals surface area contributed by atoms with Crippen LogP contribution < -0.4 is 5.32 Å². The second kappa shape index (κ2) is 7.68. The van der Waals surface area contributed by atoms with E-state index in [0.29, 0.717) is 18.5 Å². The van der Waals surface area contributed by atoms with Gasteiger partial charge >= 0.3 is 0 Å². The number of nitrogens with zero attached hydrogens (tertiary/aromatic N) is 4. The van der Waals surface area contributed by atoms with E-state index in [-0.39, 0.29) is 23.9 Å². The van der Waals surface area contributed by atoms with Crippen LogP contribution in [0.2, 0.25) is 0 Å². The summed E-state index contributed by atoms with van der Waals surface area (Å²) in [6.07, 6.45) is 2.81. The number of nitrogens with one attached hydrogen (secondary N) is 1. The number of amides is 2. The Morgan fingerprint density at radius 3 is 2.92 bits per heavy atom. The molecule has 138 valence electrons. The van der Waals surface area contributed by atoms with Gasteiger partial charge in [-0.15, -0.1) is 0 Å². The van der Waals surface area contributed by atoms with Crippen LogP contribution in [0.3, 0.4) is 0 Å². The molecule has 0 spiro atoms. The first-order valence-electron chi connectivity index (χ1n) is 9.08. The molecule has 26 heavy (non-hydrogen) atoms. The zero-order valence-corrected chi connectivity index (χ0v) is 15.5. The first-order valence-corrected chi connectivity index (χ1v) is 9.08. The highest BCUT2D eigenvalue weighted by atomic mass is 16.2. The third-order valence-corrected chi connectivity index (χ3v) is 4.49. The maximum Gasteiger partial charge on any atom is 0.251 e. The summed E-state index contributed by atoms with van der Waals surface area (Å²) in [7, 11) is 0. The minimum Gasteiger partial charge on any atom is -0.347 e. The molecule has 2 heterocycles. The van der Waals surface area contributed by atoms with E-state index in [9.17, 15) is 9.59 Å². The number of hydrogen-bond donors (Lipinski definition) is 1. The third-order valence-electron chi connectivity index (χ3n) is 4.49. The lowest BCUT2D eigenvalue weighted by molar-refractivity contribution is -0.127. The molecule has 1 fully saturated rings. The first kappa shape index (κ1) is 18.1. The Hall–Kier alpha value is -2.70. The van der Waals surface area contributed by atoms with Crippen LogP contribution in [0.1, 0.15) is 50.0 Å². The fourth-order valence-electron chi connectivity index (χ4n) is 3.26. The van der Waals surface area contributed by atoms with Gasteiger partial charge in [-0.3, -0.25) is 9.59 Å². The van der Waals surface area contributed by atoms with Gasteiger partial charge in [0.2, 0.25) is 5.91 Å². The third kappa shape index (κ3) is 3.76. The zero-order valence-electron chi connectivity index (χ0n) is 15.5. The summed E-state index contributed by atoms with van der Waals surface area (Å²) in [6, 6.07) is 7.40. The summed E-state index contributed by atoms with van der Waals surface area (Å²) < 4.78 is 1.83. The van der Waals surface area contributed by atoms with E-state index in [1.807, 2.05) is 48.6 Å². The Bertz CT molecular complexity index is 799. The molecular weight excluding hydrogens is 330 g/mol. The molecule has 1 aromatic heterocycles. The highest BCUT2D eigenvalue weighted by Gasteiger charge is 2.30. The number of carbonyl (C=O) groups excluding carboxylic acids is 2. The zero-order chi connectivity index (χ0) is 18.7. The van der Waals surface area contributed by atoms with Crippen LogP contribution in [0, 0.1) is 0 Å². The van der Waals surface area contributed by atoms with E-state index in [0.717, 1.165) is 24.4 Å². The quantitative estimate of drug-likeness (QED) is 0.862. The average molecular weight is 355 g/mol. The summed E-state index contributed by atoms with van der Waals surface area (Å²) in [5.74, 6) is 0.675. The van der Waals surface area contributed by atoms with Crippen molar-refractivity contribution in [1.29, 1.82) is 0 Å². The molecule has 1 saturated heterocycles. The lowest BCUT2D eigenvalue weighted by atomic mass is 10.1. The Morgan fingerprint density at radius 2 is 2.19 bits per heavy atom. The van der Waals surface area contributed by atoms with Crippen LogP contribution in [-0.2, 0) is 4.79 Å². The molecule has 1 N–H and O–H groups in total. The van der Waals surface area contributed by atoms with Crippen molar-refractivity contribution < 1.29 is 9.59 Å². The summed E-state index contributed by atoms with van der Waals surface area (Å²) in [4.78, 5) is 30.7. The number of likely N-dealkylation sites (tertiary alicyclic amines) is 1. The molecule has 1 aliphatic rings. The topological polar surface area (TPSA) is 80.1 Å². The smallest absolute Gasteiger partial charge is 0.251 e. The van der Waals surface area contributed by atoms with Gasteiger partial charge in [0.05, 0.1) is 6.04 Å². The average Bonchev–Trinajstić information content (AvgIpc) is 3.23. The van der Waals surface area contributed by atoms with Gasteiger partial charge < -0.3 is 10.2 Å². The molecule has 0 radical (unpaired) electrons. The van der Waals surface area contributed by atoms with Gasteiger partial charge in [-0.25, -0.2) is 9.67 Å². The summed E-state index contributed by atoms with van der Waals surface area (Å²) >= 11 is 0. The second-order valence-corrected chi connectivity index (χ2v) is 6.92. The standard InChI is InChI=1S/C19H25N5O2/c1-4-8-23-11-16(10-17(23)25)22-19(26)15-7-5-6-14(9-15)18-20-12-21-24(18)13(2)3/h5-7,9,12-13,16H,4,8,10-11H2,1-3H3,(H,22,26)/t16-/m1/s1. The highest BCUT2D eigenvalue weighted by Crippen LogP contribution is 2.21. The van der Waals surface area contributed by atoms with E-state index < -0.39 is 0 Å². The highest BCUT2D eigenvalue weighted by molar-refractivity contribution is 5.96. The molecule has 1 aromatic carbocycles. The fourth-order valence-corrected chi connectivity index (χ4v) is 3.26. The predicted octanol–water partition coefficient (Wildman–Crippen LogP) is 2.27. The summed E-state index contributed by atoms with van der Waals surface area (Å²) in [6.45, 7) is 7.44. The first-order chi connectivity index (χ1) is 12.5. The molecule has 7 heteroatoms. The van der Waals surface area contributed by atoms with Gasteiger partial charge in [0.25, 0.3) is 5.91 Å². The Kier molecular flexibility index (Phi) is 5.35. The molecule has 2 amide bonds. The van der Waals surface area contributed by atoms with Gasteiger partial charge in [-0.05, 0) is 32.4 Å². The predicted molar refractivity (Wildman–Crippen MR) is 98.6 cm³/mol. The van der Waals surface area contributed by atoms with E-state index in [2.05, 4.69) is 15.4 Å². The number of benzene rings is 1. The second-order valence-electron chi connectivity index (χ2n) is 6.92. The van der Waals surface area contributed by atoms with Crippen molar-refractivity contribution in [3.8, 4) is 11.4 Å². The fraction of sp³-hybridized carbons (Fsp3) is 0.474. The lowest BCUT2D eigenvalue weighted by Gasteiger charge is -2.16. The SMILES string of the molecule is CCCN1C[C@H](NC(=O)c2cccc(-c3ncnn3C(C)C)c2)CC1=O. The van der Waals surface area contributed by atoms with E-state index in [1.54, 1.807) is 6.07 Å². The number of hydrogen-bond acceptors (Lipinski definition) is 4. The largest absolute Gasteiger partial charge is 0.347 e. The maximum atomic E-state index is 12.6. The number of aromatic nitrogens is 3. The van der Waals surface area contributed by atoms with Crippen LogP contribution in [0.5, 0.6) is 0 Å². The van der Waals surface area contributed by atoms with Crippen molar-refractivity contribution in [3.63, 3.8) is 0 Å². The normalized spacial score (nSPS) is 17.2. The van der Waals surface area contributed by atoms with Crippen molar-refractivity contribution in [1.82, 2.24) is 25.0 Å². The molecule has 0 unspecified atom stereocenters. The van der Waals surface area contributed by atoms with Crippen molar-refractivity contribution in [2.45, 2.75) is 45.7 Å². The van der Waals surface area contributed by atoms with Crippen LogP contribution >= 0.6 is 0 Å². The minimum atomic E-state index is -0.168. The van der Waals surface area contributed by atoms with Crippen molar-refractivity contribution in [2.75, 3.05) is 13.1 Å². The van der Waals surface area contributed by atoms with Gasteiger partial charge in [-0.1, -0.05) is 19.1 Å². The molecule has 3 rings (SSSR count). The van der Waals surface area contributed by atoms with Crippen LogP contribution in [0.4, 0.5) is 0 Å². The molecule has 7 nitrogen and oxygen atoms in total. The molecule has 1 atom stereocenters. The molecule has 0 bridgehead atoms. The maximum absolute atomic E-state index is 12.6. The summed E-state index contributed by atoms with van der Waals surface area (Å²) in [5, 5.41) is 7.23. The minimum absolute atomic E-state index is 0.107. The molecule has 2 aromatic rings. The van der Waals surface area contributed by atoms with Crippen LogP contribution in [0.15, 0.2) is 30.6 Å². The Morgan fingerprint density at radius 1 is 1.38 bits per heavy atom. The summed E-state index contributed by atoms with van der Waals surface area (Å²) in [5.41, 5.74) is 1.40. The van der Waals surface area contributed by atoms with Crippen molar-refractivity contribution in [2.24, 2.45) is 0 Å². The van der Waals surface area contributed by atoms with Gasteiger partial charge in [0, 0.05) is 36.7 Å². The Balaban J connectivity index is 1.73. The van der Waals surface area contributed by atoms with Gasteiger partial charge in [-0.2, -0.15) is 5.10 Å². The molecule has 1 aliphatic heterocycles. The number of rotatable bonds is 6. The molecular formula is C19H25N5O2. The monoisotopic (exact) mass is 355 g/mol. The van der Waals surface area contributed by atoms with Crippen molar-refractivity contribution in [3.05, 3.63) is 36.2 Å². The van der Waals surface area contributed by atoms with Gasteiger partial charge in [0.1, 0.15) is 6.33 Å². The molecule has 0 saturated carbocycles. The van der Waals surface area contributed by atoms with Crippen molar-refractivity contribution >= 4 is 11.8 Å². The van der Waals surface area contributed by atoms with Crippen LogP contribution in [-0.4, -0.2) is 50.6 Å². The van der Waals surface area contributed by atoms with Crippen LogP contribution in [0.25, 0.3) is 11.4 Å². The van der Waals surface area contributed by atoms with E-state index >= 15 is 0 Å². The van der Waals surface area contributed by atoms with Gasteiger partial charge in [0.15, 0.2) is 5.82 Å². The lowest BCUT2D eigenvalue weighted by Crippen LogP contribution is -2.37. The van der Waals surface area contributed by atoms with E-state index in [1.165, 1.54) is 6.33 Å².